The first kappa shape index (κ1) is 17.8. The van der Waals surface area contributed by atoms with Gasteiger partial charge in [0.2, 0.25) is 5.79 Å². The third-order valence-electron chi connectivity index (χ3n) is 4.73. The first-order valence-corrected chi connectivity index (χ1v) is 7.98. The second-order valence-electron chi connectivity index (χ2n) is 7.15. The molecule has 2 saturated heterocycles. The topological polar surface area (TPSA) is 120 Å². The second-order valence-corrected chi connectivity index (χ2v) is 7.15. The number of aliphatic hydroxyl groups excluding tert-OH is 5. The van der Waals surface area contributed by atoms with E-state index in [4.69, 9.17) is 9.47 Å². The van der Waals surface area contributed by atoms with Crippen molar-refractivity contribution in [3.05, 3.63) is 34.9 Å². The van der Waals surface area contributed by atoms with Crippen LogP contribution in [0.25, 0.3) is 0 Å². The van der Waals surface area contributed by atoms with E-state index in [-0.39, 0.29) is 18.6 Å². The molecule has 1 spiro atoms. The Labute approximate surface area is 140 Å². The van der Waals surface area contributed by atoms with Gasteiger partial charge in [-0.1, -0.05) is 26.0 Å². The summed E-state index contributed by atoms with van der Waals surface area (Å²) in [5.41, 5.74) is 1.56. The largest absolute Gasteiger partial charge is 0.394 e. The summed E-state index contributed by atoms with van der Waals surface area (Å²) in [5, 5.41) is 49.7. The van der Waals surface area contributed by atoms with Crippen molar-refractivity contribution in [2.75, 3.05) is 19.8 Å². The molecule has 0 saturated carbocycles. The molecule has 1 aliphatic carbocycles. The van der Waals surface area contributed by atoms with E-state index in [0.717, 1.165) is 5.57 Å². The quantitative estimate of drug-likeness (QED) is 0.437. The van der Waals surface area contributed by atoms with Gasteiger partial charge in [-0.2, -0.15) is 0 Å². The van der Waals surface area contributed by atoms with Crippen LogP contribution in [0, 0.1) is 5.41 Å². The lowest BCUT2D eigenvalue weighted by molar-refractivity contribution is -0.335. The van der Waals surface area contributed by atoms with E-state index in [2.05, 4.69) is 0 Å². The van der Waals surface area contributed by atoms with Crippen molar-refractivity contribution < 1.29 is 35.0 Å². The molecule has 2 fully saturated rings. The Balaban J connectivity index is 2.09. The summed E-state index contributed by atoms with van der Waals surface area (Å²) >= 11 is 0. The van der Waals surface area contributed by atoms with Gasteiger partial charge in [0, 0.05) is 11.0 Å². The number of aliphatic hydroxyl groups is 5. The van der Waals surface area contributed by atoms with Crippen molar-refractivity contribution in [2.45, 2.75) is 44.1 Å². The Morgan fingerprint density at radius 3 is 2.46 bits per heavy atom. The first-order valence-electron chi connectivity index (χ1n) is 7.98. The van der Waals surface area contributed by atoms with Crippen LogP contribution in [0.1, 0.15) is 13.8 Å². The molecule has 5 N–H and O–H groups in total. The van der Waals surface area contributed by atoms with Gasteiger partial charge in [0.15, 0.2) is 0 Å². The van der Waals surface area contributed by atoms with Crippen LogP contribution in [0.3, 0.4) is 0 Å². The molecule has 3 rings (SSSR count). The molecule has 2 heterocycles. The zero-order valence-electron chi connectivity index (χ0n) is 13.7. The van der Waals surface area contributed by atoms with Gasteiger partial charge >= 0.3 is 0 Å². The molecule has 5 unspecified atom stereocenters. The van der Waals surface area contributed by atoms with E-state index in [1.165, 1.54) is 0 Å². The van der Waals surface area contributed by atoms with Crippen molar-refractivity contribution in [1.29, 1.82) is 0 Å². The normalized spacial score (nSPS) is 41.4. The molecule has 2 aliphatic heterocycles. The van der Waals surface area contributed by atoms with E-state index in [0.29, 0.717) is 11.1 Å². The van der Waals surface area contributed by atoms with Crippen LogP contribution in [0.4, 0.5) is 0 Å². The maximum Gasteiger partial charge on any atom is 0.225 e. The van der Waals surface area contributed by atoms with Crippen molar-refractivity contribution in [3.8, 4) is 0 Å². The zero-order chi connectivity index (χ0) is 17.7. The van der Waals surface area contributed by atoms with Crippen molar-refractivity contribution >= 4 is 0 Å². The van der Waals surface area contributed by atoms with Crippen LogP contribution in [-0.2, 0) is 9.47 Å². The summed E-state index contributed by atoms with van der Waals surface area (Å²) in [5.74, 6) is -1.69. The number of ether oxygens (including phenoxy) is 2. The first-order chi connectivity index (χ1) is 11.2. The van der Waals surface area contributed by atoms with E-state index < -0.39 is 36.8 Å². The van der Waals surface area contributed by atoms with E-state index in [1.807, 2.05) is 26.0 Å². The highest BCUT2D eigenvalue weighted by atomic mass is 16.7. The van der Waals surface area contributed by atoms with Gasteiger partial charge in [-0.25, -0.2) is 0 Å². The average molecular weight is 340 g/mol. The van der Waals surface area contributed by atoms with Crippen molar-refractivity contribution in [2.24, 2.45) is 5.41 Å². The highest BCUT2D eigenvalue weighted by Crippen LogP contribution is 2.47. The van der Waals surface area contributed by atoms with Gasteiger partial charge in [-0.05, 0) is 17.2 Å². The molecule has 0 aromatic heterocycles. The molecular formula is C17H24O7. The lowest BCUT2D eigenvalue weighted by Gasteiger charge is -2.46. The number of hydrogen-bond acceptors (Lipinski definition) is 7. The molecule has 0 aromatic carbocycles. The molecule has 0 amide bonds. The van der Waals surface area contributed by atoms with E-state index in [1.54, 1.807) is 6.08 Å². The molecule has 134 valence electrons. The van der Waals surface area contributed by atoms with Crippen LogP contribution >= 0.6 is 0 Å². The van der Waals surface area contributed by atoms with E-state index >= 15 is 0 Å². The molecule has 24 heavy (non-hydrogen) atoms. The van der Waals surface area contributed by atoms with Crippen LogP contribution in [0.2, 0.25) is 0 Å². The van der Waals surface area contributed by atoms with Gasteiger partial charge in [-0.15, -0.1) is 0 Å². The van der Waals surface area contributed by atoms with Crippen LogP contribution in [-0.4, -0.2) is 75.6 Å². The standard InChI is InChI=1S/C17H24O7/c1-16(2)4-9(6-18)3-11-10(5-16)8-23-17(11)15(22)14(21)13(20)12(7-19)24-17/h3-5,12-15,18-22H,6-8H2,1-2H3. The summed E-state index contributed by atoms with van der Waals surface area (Å²) in [6.45, 7) is 3.38. The second kappa shape index (κ2) is 6.03. The molecule has 0 radical (unpaired) electrons. The maximum atomic E-state index is 10.5. The fourth-order valence-corrected chi connectivity index (χ4v) is 3.65. The molecule has 7 heteroatoms. The molecular weight excluding hydrogens is 316 g/mol. The smallest absolute Gasteiger partial charge is 0.225 e. The fourth-order valence-electron chi connectivity index (χ4n) is 3.65. The third-order valence-corrected chi connectivity index (χ3v) is 4.73. The van der Waals surface area contributed by atoms with Gasteiger partial charge in [0.05, 0.1) is 19.8 Å². The molecule has 0 bridgehead atoms. The predicted molar refractivity (Wildman–Crippen MR) is 83.8 cm³/mol. The van der Waals surface area contributed by atoms with E-state index in [9.17, 15) is 25.5 Å². The fraction of sp³-hybridized carbons (Fsp3) is 0.647. The highest BCUT2D eigenvalue weighted by Gasteiger charge is 2.59. The summed E-state index contributed by atoms with van der Waals surface area (Å²) < 4.78 is 11.4. The Bertz CT molecular complexity index is 604. The minimum atomic E-state index is -1.69. The van der Waals surface area contributed by atoms with Crippen molar-refractivity contribution in [3.63, 3.8) is 0 Å². The Morgan fingerprint density at radius 2 is 1.83 bits per heavy atom. The maximum absolute atomic E-state index is 10.5. The number of hydrogen-bond donors (Lipinski definition) is 5. The molecule has 3 aliphatic rings. The SMILES string of the molecule is CC1(C)C=C(CO)C=C2C(=C1)COC21OC(CO)C(O)C(O)C1O. The number of rotatable bonds is 2. The van der Waals surface area contributed by atoms with Gasteiger partial charge < -0.3 is 35.0 Å². The summed E-state index contributed by atoms with van der Waals surface area (Å²) in [7, 11) is 0. The van der Waals surface area contributed by atoms with Crippen LogP contribution in [0.5, 0.6) is 0 Å². The van der Waals surface area contributed by atoms with Crippen LogP contribution in [0.15, 0.2) is 34.9 Å². The third kappa shape index (κ3) is 2.66. The minimum Gasteiger partial charge on any atom is -0.394 e. The minimum absolute atomic E-state index is 0.153. The summed E-state index contributed by atoms with van der Waals surface area (Å²) in [6, 6.07) is 0. The average Bonchev–Trinajstić information content (AvgIpc) is 2.78. The molecule has 0 aromatic rings. The number of allylic oxidation sites excluding steroid dienone is 2. The lowest BCUT2D eigenvalue weighted by Crippen LogP contribution is -2.65. The summed E-state index contributed by atoms with van der Waals surface area (Å²) in [4.78, 5) is 0. The Hall–Kier alpha value is -1.06. The number of fused-ring (bicyclic) bond motifs is 2. The van der Waals surface area contributed by atoms with Gasteiger partial charge in [0.25, 0.3) is 0 Å². The zero-order valence-corrected chi connectivity index (χ0v) is 13.7. The summed E-state index contributed by atoms with van der Waals surface area (Å²) in [6.07, 6.45) is -0.0527. The monoisotopic (exact) mass is 340 g/mol. The Kier molecular flexibility index (Phi) is 4.46. The van der Waals surface area contributed by atoms with Gasteiger partial charge in [-0.3, -0.25) is 0 Å². The lowest BCUT2D eigenvalue weighted by atomic mass is 9.85. The Morgan fingerprint density at radius 1 is 1.12 bits per heavy atom. The highest BCUT2D eigenvalue weighted by molar-refractivity contribution is 5.50. The molecule has 5 atom stereocenters. The van der Waals surface area contributed by atoms with Crippen LogP contribution < -0.4 is 0 Å². The van der Waals surface area contributed by atoms with Gasteiger partial charge in [0.1, 0.15) is 24.4 Å². The predicted octanol–water partition coefficient (Wildman–Crippen LogP) is -1.00. The molecule has 7 nitrogen and oxygen atoms in total. The van der Waals surface area contributed by atoms with Crippen molar-refractivity contribution in [1.82, 2.24) is 0 Å².